The molecule has 122 valence electrons. The van der Waals surface area contributed by atoms with Crippen LogP contribution in [-0.4, -0.2) is 78.0 Å². The molecule has 0 aliphatic rings. The van der Waals surface area contributed by atoms with E-state index < -0.39 is 0 Å². The molecule has 0 amide bonds. The molecule has 0 unspecified atom stereocenters. The molecule has 0 aromatic carbocycles. The van der Waals surface area contributed by atoms with Gasteiger partial charge in [0.15, 0.2) is 0 Å². The first-order valence-electron chi connectivity index (χ1n) is 5.84. The van der Waals surface area contributed by atoms with Crippen molar-refractivity contribution in [2.45, 2.75) is 0 Å². The molecule has 0 nitrogen and oxygen atoms in total. The maximum Gasteiger partial charge on any atom is 2.00 e. The van der Waals surface area contributed by atoms with E-state index >= 15 is 0 Å². The zero-order chi connectivity index (χ0) is 13.1. The Bertz CT molecular complexity index is 107. The maximum absolute atomic E-state index is 2.36. The monoisotopic (exact) mass is 386 g/mol. The van der Waals surface area contributed by atoms with Crippen LogP contribution in [0.3, 0.4) is 0 Å². The Kier molecular flexibility index (Phi) is 39.1. The first-order valence-corrected chi connectivity index (χ1v) is 15.5. The zero-order valence-electron chi connectivity index (χ0n) is 15.0. The van der Waals surface area contributed by atoms with Crippen LogP contribution >= 0.6 is 31.7 Å². The van der Waals surface area contributed by atoms with Crippen molar-refractivity contribution in [3.63, 3.8) is 0 Å². The van der Waals surface area contributed by atoms with Crippen molar-refractivity contribution in [2.24, 2.45) is 0 Å². The third-order valence-corrected chi connectivity index (χ3v) is 7.17. The molecule has 0 spiro atoms. The van der Waals surface area contributed by atoms with E-state index in [1.807, 2.05) is 0 Å². The molecule has 0 heterocycles. The minimum Gasteiger partial charge on any atom is -0.358 e. The molecule has 0 fully saturated rings. The largest absolute Gasteiger partial charge is 2.00 e. The molecule has 0 aliphatic heterocycles. The van der Waals surface area contributed by atoms with E-state index in [2.05, 4.69) is 53.3 Å². The second-order valence-electron chi connectivity index (χ2n) is 5.21. The zero-order valence-corrected chi connectivity index (χ0v) is 19.7. The van der Waals surface area contributed by atoms with Gasteiger partial charge >= 0.3 is 17.1 Å². The van der Waals surface area contributed by atoms with Crippen molar-refractivity contribution < 1.29 is 17.1 Å². The average Bonchev–Trinajstić information content (AvgIpc) is 2.12. The van der Waals surface area contributed by atoms with E-state index in [-0.39, 0.29) is 31.9 Å². The molecular formula is C14H38FeP4. The first kappa shape index (κ1) is 33.0. The molecule has 0 bridgehead atoms. The standard InChI is InChI=1S/2C6H16P2.2CH3.Fe/c2*1-7(2)5-6-8(3)4;;;/h2*5-6H2,1-4H3;2*1H3;/q;;2*-1;+2. The van der Waals surface area contributed by atoms with Crippen molar-refractivity contribution in [1.82, 2.24) is 0 Å². The summed E-state index contributed by atoms with van der Waals surface area (Å²) in [5.41, 5.74) is 0. The van der Waals surface area contributed by atoms with Gasteiger partial charge in [-0.15, -0.1) is 31.7 Å². The van der Waals surface area contributed by atoms with Gasteiger partial charge in [-0.3, -0.25) is 0 Å². The smallest absolute Gasteiger partial charge is 0.358 e. The normalized spacial score (nSPS) is 9.47. The molecule has 0 radical (unpaired) electrons. The summed E-state index contributed by atoms with van der Waals surface area (Å²) >= 11 is 0. The summed E-state index contributed by atoms with van der Waals surface area (Å²) in [5.74, 6) is 0. The third kappa shape index (κ3) is 44.9. The maximum atomic E-state index is 2.36. The molecule has 0 rings (SSSR count). The van der Waals surface area contributed by atoms with Crippen LogP contribution in [0.4, 0.5) is 0 Å². The van der Waals surface area contributed by atoms with E-state index in [9.17, 15) is 0 Å². The van der Waals surface area contributed by atoms with Gasteiger partial charge in [0.05, 0.1) is 0 Å². The van der Waals surface area contributed by atoms with Crippen LogP contribution in [0.5, 0.6) is 0 Å². The fourth-order valence-electron chi connectivity index (χ4n) is 0.800. The van der Waals surface area contributed by atoms with Crippen LogP contribution in [0.25, 0.3) is 0 Å². The molecule has 0 atom stereocenters. The Labute approximate surface area is 141 Å². The average molecular weight is 386 g/mol. The third-order valence-electron chi connectivity index (χ3n) is 1.99. The van der Waals surface area contributed by atoms with Crippen molar-refractivity contribution in [1.29, 1.82) is 0 Å². The van der Waals surface area contributed by atoms with E-state index in [1.54, 1.807) is 0 Å². The molecule has 0 N–H and O–H groups in total. The first-order chi connectivity index (χ1) is 7.25. The number of rotatable bonds is 6. The summed E-state index contributed by atoms with van der Waals surface area (Å²) in [7, 11) is 1.53. The summed E-state index contributed by atoms with van der Waals surface area (Å²) in [6.07, 6.45) is 5.92. The Hall–Kier alpha value is 2.24. The Morgan fingerprint density at radius 2 is 0.526 bits per heavy atom. The van der Waals surface area contributed by atoms with E-state index in [0.29, 0.717) is 31.7 Å². The van der Waals surface area contributed by atoms with Crippen LogP contribution in [0, 0.1) is 14.9 Å². The van der Waals surface area contributed by atoms with Gasteiger partial charge < -0.3 is 14.9 Å². The van der Waals surface area contributed by atoms with Gasteiger partial charge in [-0.2, -0.15) is 0 Å². The van der Waals surface area contributed by atoms with Crippen molar-refractivity contribution in [2.75, 3.05) is 78.0 Å². The summed E-state index contributed by atoms with van der Waals surface area (Å²) in [4.78, 5) is 0. The van der Waals surface area contributed by atoms with Crippen LogP contribution < -0.4 is 0 Å². The Morgan fingerprint density at radius 3 is 0.579 bits per heavy atom. The van der Waals surface area contributed by atoms with Crippen LogP contribution in [0.2, 0.25) is 0 Å². The summed E-state index contributed by atoms with van der Waals surface area (Å²) in [5, 5.41) is 0. The minimum absolute atomic E-state index is 0. The second kappa shape index (κ2) is 22.5. The Balaban J connectivity index is -0.0000000594. The quantitative estimate of drug-likeness (QED) is 0.306. The molecule has 0 saturated heterocycles. The van der Waals surface area contributed by atoms with E-state index in [1.165, 1.54) is 24.6 Å². The van der Waals surface area contributed by atoms with E-state index in [4.69, 9.17) is 0 Å². The summed E-state index contributed by atoms with van der Waals surface area (Å²) in [6, 6.07) is 0. The Morgan fingerprint density at radius 1 is 0.421 bits per heavy atom. The fourth-order valence-corrected chi connectivity index (χ4v) is 7.20. The van der Waals surface area contributed by atoms with Gasteiger partial charge in [0.1, 0.15) is 0 Å². The van der Waals surface area contributed by atoms with Crippen molar-refractivity contribution >= 4 is 31.7 Å². The predicted molar refractivity (Wildman–Crippen MR) is 107 cm³/mol. The summed E-state index contributed by atoms with van der Waals surface area (Å²) in [6.45, 7) is 18.8. The minimum atomic E-state index is 0. The molecule has 19 heavy (non-hydrogen) atoms. The molecule has 5 heteroatoms. The van der Waals surface area contributed by atoms with Gasteiger partial charge in [-0.25, -0.2) is 0 Å². The van der Waals surface area contributed by atoms with Crippen LogP contribution in [-0.2, 0) is 17.1 Å². The molecule has 0 saturated carbocycles. The van der Waals surface area contributed by atoms with Gasteiger partial charge in [0, 0.05) is 0 Å². The van der Waals surface area contributed by atoms with Gasteiger partial charge in [0.2, 0.25) is 0 Å². The van der Waals surface area contributed by atoms with Crippen molar-refractivity contribution in [3.05, 3.63) is 14.9 Å². The molecule has 0 aromatic rings. The topological polar surface area (TPSA) is 0 Å². The van der Waals surface area contributed by atoms with Crippen molar-refractivity contribution in [3.8, 4) is 0 Å². The van der Waals surface area contributed by atoms with Gasteiger partial charge in [0.25, 0.3) is 0 Å². The fraction of sp³-hybridized carbons (Fsp3) is 0.857. The number of hydrogen-bond donors (Lipinski definition) is 0. The second-order valence-corrected chi connectivity index (χ2v) is 15.6. The van der Waals surface area contributed by atoms with E-state index in [0.717, 1.165) is 0 Å². The number of hydrogen-bond acceptors (Lipinski definition) is 0. The van der Waals surface area contributed by atoms with Gasteiger partial charge in [-0.05, 0) is 78.0 Å². The molecular weight excluding hydrogens is 348 g/mol. The predicted octanol–water partition coefficient (Wildman–Crippen LogP) is 5.84. The van der Waals surface area contributed by atoms with Gasteiger partial charge in [-0.1, -0.05) is 0 Å². The van der Waals surface area contributed by atoms with Crippen LogP contribution in [0.15, 0.2) is 0 Å². The molecule has 0 aliphatic carbocycles. The van der Waals surface area contributed by atoms with Crippen LogP contribution in [0.1, 0.15) is 0 Å². The summed E-state index contributed by atoms with van der Waals surface area (Å²) < 4.78 is 0. The molecule has 0 aromatic heterocycles. The SMILES string of the molecule is CP(C)CCP(C)C.CP(C)CCP(C)C.[CH3-].[CH3-].[Fe+2].